The molecule has 0 unspecified atom stereocenters. The lowest BCUT2D eigenvalue weighted by molar-refractivity contribution is 0.573. The van der Waals surface area contributed by atoms with Gasteiger partial charge in [0.15, 0.2) is 0 Å². The lowest BCUT2D eigenvalue weighted by atomic mass is 10.1. The quantitative estimate of drug-likeness (QED) is 0.691. The maximum atomic E-state index is 12.6. The van der Waals surface area contributed by atoms with Crippen molar-refractivity contribution in [3.05, 3.63) is 41.1 Å². The molecule has 1 aliphatic rings. The summed E-state index contributed by atoms with van der Waals surface area (Å²) in [6.07, 6.45) is 3.64. The van der Waals surface area contributed by atoms with Crippen molar-refractivity contribution in [1.82, 2.24) is 14.7 Å². The summed E-state index contributed by atoms with van der Waals surface area (Å²) in [4.78, 5) is 11.6. The van der Waals surface area contributed by atoms with Gasteiger partial charge >= 0.3 is 0 Å². The molecule has 1 aromatic heterocycles. The molecule has 1 aromatic carbocycles. The molecule has 7 nitrogen and oxygen atoms in total. The number of nitrogens with zero attached hydrogens (tertiary/aromatic N) is 3. The summed E-state index contributed by atoms with van der Waals surface area (Å²) in [6, 6.07) is 7.43. The van der Waals surface area contributed by atoms with Crippen LogP contribution in [0.2, 0.25) is 0 Å². The van der Waals surface area contributed by atoms with E-state index in [-0.39, 0.29) is 6.54 Å². The van der Waals surface area contributed by atoms with Gasteiger partial charge in [-0.1, -0.05) is 12.1 Å². The Morgan fingerprint density at radius 1 is 1.00 bits per heavy atom. The Morgan fingerprint density at radius 3 is 2.50 bits per heavy atom. The molecule has 152 valence electrons. The molecule has 0 spiro atoms. The number of aromatic nitrogens is 2. The maximum absolute atomic E-state index is 12.6. The summed E-state index contributed by atoms with van der Waals surface area (Å²) in [5, 5.41) is 3.14. The first-order valence-corrected chi connectivity index (χ1v) is 11.2. The lowest BCUT2D eigenvalue weighted by Gasteiger charge is -2.28. The van der Waals surface area contributed by atoms with Gasteiger partial charge in [0.2, 0.25) is 16.0 Å². The first-order valence-electron chi connectivity index (χ1n) is 9.76. The summed E-state index contributed by atoms with van der Waals surface area (Å²) in [5.41, 5.74) is 2.55. The highest BCUT2D eigenvalue weighted by atomic mass is 32.2. The largest absolute Gasteiger partial charge is 0.356 e. The molecule has 0 atom stereocenters. The smallest absolute Gasteiger partial charge is 0.240 e. The first kappa shape index (κ1) is 20.5. The summed E-state index contributed by atoms with van der Waals surface area (Å²) in [6.45, 7) is 8.34. The number of anilines is 2. The zero-order valence-corrected chi connectivity index (χ0v) is 17.6. The average molecular weight is 404 g/mol. The molecule has 0 radical (unpaired) electrons. The summed E-state index contributed by atoms with van der Waals surface area (Å²) < 4.78 is 27.8. The Labute approximate surface area is 167 Å². The van der Waals surface area contributed by atoms with Crippen molar-refractivity contribution < 1.29 is 8.42 Å². The van der Waals surface area contributed by atoms with Gasteiger partial charge in [-0.3, -0.25) is 0 Å². The molecule has 8 heteroatoms. The van der Waals surface area contributed by atoms with Gasteiger partial charge in [-0.2, -0.15) is 4.98 Å². The Kier molecular flexibility index (Phi) is 6.51. The van der Waals surface area contributed by atoms with E-state index in [1.807, 2.05) is 32.0 Å². The standard InChI is InChI=1S/C20H29N5O2S/c1-15-7-8-16(2)18(13-15)28(26,27)22-10-9-21-20-23-17(3)14-19(24-20)25-11-5-4-6-12-25/h7-8,13-14,22H,4-6,9-12H2,1-3H3,(H,21,23,24). The van der Waals surface area contributed by atoms with Gasteiger partial charge in [0.25, 0.3) is 0 Å². The fourth-order valence-electron chi connectivity index (χ4n) is 3.35. The topological polar surface area (TPSA) is 87.2 Å². The highest BCUT2D eigenvalue weighted by Crippen LogP contribution is 2.20. The average Bonchev–Trinajstić information content (AvgIpc) is 2.67. The van der Waals surface area contributed by atoms with Crippen molar-refractivity contribution in [2.45, 2.75) is 44.9 Å². The van der Waals surface area contributed by atoms with Gasteiger partial charge in [0.05, 0.1) is 4.90 Å². The van der Waals surface area contributed by atoms with Crippen LogP contribution in [0.4, 0.5) is 11.8 Å². The van der Waals surface area contributed by atoms with Gasteiger partial charge in [0.1, 0.15) is 5.82 Å². The minimum Gasteiger partial charge on any atom is -0.356 e. The monoisotopic (exact) mass is 403 g/mol. The minimum absolute atomic E-state index is 0.256. The molecular weight excluding hydrogens is 374 g/mol. The third-order valence-corrected chi connectivity index (χ3v) is 6.46. The highest BCUT2D eigenvalue weighted by molar-refractivity contribution is 7.89. The summed E-state index contributed by atoms with van der Waals surface area (Å²) in [7, 11) is -3.54. The second kappa shape index (κ2) is 8.87. The summed E-state index contributed by atoms with van der Waals surface area (Å²) >= 11 is 0. The van der Waals surface area contributed by atoms with Gasteiger partial charge < -0.3 is 10.2 Å². The van der Waals surface area contributed by atoms with Crippen molar-refractivity contribution in [3.8, 4) is 0 Å². The number of rotatable bonds is 7. The summed E-state index contributed by atoms with van der Waals surface area (Å²) in [5.74, 6) is 1.47. The molecule has 2 N–H and O–H groups in total. The molecular formula is C20H29N5O2S. The van der Waals surface area contributed by atoms with Crippen LogP contribution < -0.4 is 14.9 Å². The molecule has 1 aliphatic heterocycles. The van der Waals surface area contributed by atoms with E-state index < -0.39 is 10.0 Å². The van der Waals surface area contributed by atoms with Crippen LogP contribution in [-0.2, 0) is 10.0 Å². The van der Waals surface area contributed by atoms with Crippen molar-refractivity contribution >= 4 is 21.8 Å². The van der Waals surface area contributed by atoms with E-state index in [0.29, 0.717) is 17.4 Å². The Morgan fingerprint density at radius 2 is 1.75 bits per heavy atom. The molecule has 2 aromatic rings. The van der Waals surface area contributed by atoms with E-state index in [0.717, 1.165) is 35.7 Å². The van der Waals surface area contributed by atoms with Crippen LogP contribution >= 0.6 is 0 Å². The van der Waals surface area contributed by atoms with Gasteiger partial charge in [0, 0.05) is 37.9 Å². The predicted octanol–water partition coefficient (Wildman–Crippen LogP) is 2.78. The van der Waals surface area contributed by atoms with Crippen molar-refractivity contribution in [1.29, 1.82) is 0 Å². The number of benzene rings is 1. The fourth-order valence-corrected chi connectivity index (χ4v) is 4.71. The van der Waals surface area contributed by atoms with Crippen molar-refractivity contribution in [2.75, 3.05) is 36.4 Å². The second-order valence-corrected chi connectivity index (χ2v) is 9.07. The number of piperidine rings is 1. The van der Waals surface area contributed by atoms with Crippen LogP contribution in [0, 0.1) is 20.8 Å². The van der Waals surface area contributed by atoms with Crippen molar-refractivity contribution in [2.24, 2.45) is 0 Å². The van der Waals surface area contributed by atoms with Crippen molar-refractivity contribution in [3.63, 3.8) is 0 Å². The zero-order valence-electron chi connectivity index (χ0n) is 16.8. The first-order chi connectivity index (χ1) is 13.3. The SMILES string of the molecule is Cc1ccc(C)c(S(=O)(=O)NCCNc2nc(C)cc(N3CCCCC3)n2)c1. The normalized spacial score (nSPS) is 14.9. The van der Waals surface area contributed by atoms with Crippen LogP contribution in [0.15, 0.2) is 29.2 Å². The van der Waals surface area contributed by atoms with Crippen LogP contribution in [0.25, 0.3) is 0 Å². The fraction of sp³-hybridized carbons (Fsp3) is 0.500. The molecule has 0 amide bonds. The zero-order chi connectivity index (χ0) is 20.1. The number of sulfonamides is 1. The van der Waals surface area contributed by atoms with Crippen LogP contribution in [0.3, 0.4) is 0 Å². The molecule has 1 saturated heterocycles. The van der Waals surface area contributed by atoms with E-state index in [9.17, 15) is 8.42 Å². The Hall–Kier alpha value is -2.19. The predicted molar refractivity (Wildman–Crippen MR) is 112 cm³/mol. The van der Waals surface area contributed by atoms with Gasteiger partial charge in [-0.25, -0.2) is 18.1 Å². The van der Waals surface area contributed by atoms with E-state index in [1.54, 1.807) is 13.0 Å². The second-order valence-electron chi connectivity index (χ2n) is 7.33. The number of hydrogen-bond donors (Lipinski definition) is 2. The minimum atomic E-state index is -3.54. The van der Waals surface area contributed by atoms with Gasteiger partial charge in [-0.15, -0.1) is 0 Å². The maximum Gasteiger partial charge on any atom is 0.240 e. The molecule has 28 heavy (non-hydrogen) atoms. The molecule has 1 fully saturated rings. The van der Waals surface area contributed by atoms with E-state index >= 15 is 0 Å². The third kappa shape index (κ3) is 5.20. The van der Waals surface area contributed by atoms with E-state index in [2.05, 4.69) is 24.9 Å². The third-order valence-electron chi connectivity index (χ3n) is 4.85. The van der Waals surface area contributed by atoms with Crippen LogP contribution in [0.5, 0.6) is 0 Å². The molecule has 0 bridgehead atoms. The van der Waals surface area contributed by atoms with Crippen LogP contribution in [-0.4, -0.2) is 44.6 Å². The Balaban J connectivity index is 1.59. The number of aryl methyl sites for hydroxylation is 3. The molecule has 0 aliphatic carbocycles. The van der Waals surface area contributed by atoms with Crippen LogP contribution in [0.1, 0.15) is 36.1 Å². The lowest BCUT2D eigenvalue weighted by Crippen LogP contribution is -2.31. The Bertz CT molecular complexity index is 924. The molecule has 3 rings (SSSR count). The molecule has 2 heterocycles. The van der Waals surface area contributed by atoms with E-state index in [4.69, 9.17) is 0 Å². The van der Waals surface area contributed by atoms with Gasteiger partial charge in [-0.05, 0) is 57.2 Å². The number of hydrogen-bond acceptors (Lipinski definition) is 6. The number of nitrogens with one attached hydrogen (secondary N) is 2. The highest BCUT2D eigenvalue weighted by Gasteiger charge is 2.17. The molecule has 0 saturated carbocycles. The van der Waals surface area contributed by atoms with E-state index in [1.165, 1.54) is 19.3 Å².